The Balaban J connectivity index is 2.32. The monoisotopic (exact) mass is 368 g/mol. The molecule has 1 aromatic carbocycles. The van der Waals surface area contributed by atoms with Crippen LogP contribution < -0.4 is 5.56 Å². The molecule has 0 spiro atoms. The van der Waals surface area contributed by atoms with Gasteiger partial charge >= 0.3 is 5.97 Å². The van der Waals surface area contributed by atoms with E-state index < -0.39 is 0 Å². The van der Waals surface area contributed by atoms with E-state index in [1.807, 2.05) is 13.8 Å². The fourth-order valence-corrected chi connectivity index (χ4v) is 3.00. The number of H-pyrrole nitrogens is 1. The van der Waals surface area contributed by atoms with E-state index in [1.54, 1.807) is 18.2 Å². The lowest BCUT2D eigenvalue weighted by Gasteiger charge is -2.11. The van der Waals surface area contributed by atoms with Gasteiger partial charge in [0, 0.05) is 22.0 Å². The van der Waals surface area contributed by atoms with Gasteiger partial charge in [0.15, 0.2) is 0 Å². The maximum atomic E-state index is 11.8. The first-order chi connectivity index (χ1) is 11.3. The Morgan fingerprint density at radius 3 is 2.42 bits per heavy atom. The number of halogens is 2. The van der Waals surface area contributed by atoms with Crippen LogP contribution in [0.3, 0.4) is 0 Å². The number of ether oxygens (including phenoxy) is 1. The second-order valence-corrected chi connectivity index (χ2v) is 6.58. The van der Waals surface area contributed by atoms with Gasteiger partial charge < -0.3 is 4.74 Å². The van der Waals surface area contributed by atoms with Crippen molar-refractivity contribution in [2.45, 2.75) is 32.6 Å². The zero-order valence-corrected chi connectivity index (χ0v) is 15.2. The van der Waals surface area contributed by atoms with Gasteiger partial charge in [-0.25, -0.2) is 5.10 Å². The van der Waals surface area contributed by atoms with Crippen LogP contribution in [-0.2, 0) is 22.4 Å². The minimum atomic E-state index is -0.362. The molecular weight excluding hydrogens is 351 g/mol. The Morgan fingerprint density at radius 2 is 1.88 bits per heavy atom. The standard InChI is InChI=1S/C17H18Cl2N2O3/c1-9(2)12-7-11(20-21-17(12)23)8-13-14(18)4-10(5-15(13)19)6-16(22)24-3/h4-5,7,9H,6,8H2,1-3H3,(H,21,23). The number of aromatic amines is 1. The molecule has 1 aromatic heterocycles. The number of hydrogen-bond donors (Lipinski definition) is 1. The Bertz CT molecular complexity index is 793. The van der Waals surface area contributed by atoms with Crippen LogP contribution in [0.2, 0.25) is 10.0 Å². The number of rotatable bonds is 5. The van der Waals surface area contributed by atoms with E-state index in [9.17, 15) is 9.59 Å². The van der Waals surface area contributed by atoms with Crippen molar-refractivity contribution in [2.24, 2.45) is 0 Å². The van der Waals surface area contributed by atoms with E-state index >= 15 is 0 Å². The van der Waals surface area contributed by atoms with E-state index in [4.69, 9.17) is 23.2 Å². The average Bonchev–Trinajstić information content (AvgIpc) is 2.52. The topological polar surface area (TPSA) is 72.1 Å². The molecule has 0 fully saturated rings. The van der Waals surface area contributed by atoms with Gasteiger partial charge in [0.05, 0.1) is 19.2 Å². The molecule has 0 saturated carbocycles. The Hall–Kier alpha value is -1.85. The number of nitrogens with zero attached hydrogens (tertiary/aromatic N) is 1. The molecular formula is C17H18Cl2N2O3. The number of hydrogen-bond acceptors (Lipinski definition) is 4. The summed E-state index contributed by atoms with van der Waals surface area (Å²) in [6.07, 6.45) is 0.483. The van der Waals surface area contributed by atoms with Gasteiger partial charge in [-0.3, -0.25) is 9.59 Å². The number of carbonyl (C=O) groups excluding carboxylic acids is 1. The molecule has 0 atom stereocenters. The van der Waals surface area contributed by atoms with E-state index in [2.05, 4.69) is 14.9 Å². The first kappa shape index (κ1) is 18.5. The number of aromatic nitrogens is 2. The van der Waals surface area contributed by atoms with Gasteiger partial charge in [-0.05, 0) is 35.2 Å². The summed E-state index contributed by atoms with van der Waals surface area (Å²) < 4.78 is 4.64. The van der Waals surface area contributed by atoms with Crippen LogP contribution in [-0.4, -0.2) is 23.3 Å². The molecule has 5 nitrogen and oxygen atoms in total. The van der Waals surface area contributed by atoms with Crippen molar-refractivity contribution in [3.8, 4) is 0 Å². The summed E-state index contributed by atoms with van der Waals surface area (Å²) in [4.78, 5) is 23.1. The minimum Gasteiger partial charge on any atom is -0.469 e. The molecule has 2 rings (SSSR count). The van der Waals surface area contributed by atoms with Gasteiger partial charge in [-0.1, -0.05) is 37.0 Å². The zero-order valence-electron chi connectivity index (χ0n) is 13.7. The van der Waals surface area contributed by atoms with Crippen LogP contribution in [0, 0.1) is 0 Å². The van der Waals surface area contributed by atoms with Gasteiger partial charge in [0.2, 0.25) is 0 Å². The van der Waals surface area contributed by atoms with Crippen LogP contribution in [0.25, 0.3) is 0 Å². The first-order valence-electron chi connectivity index (χ1n) is 7.44. The summed E-state index contributed by atoms with van der Waals surface area (Å²) in [7, 11) is 1.33. The van der Waals surface area contributed by atoms with Gasteiger partial charge in [0.25, 0.3) is 5.56 Å². The van der Waals surface area contributed by atoms with Crippen molar-refractivity contribution < 1.29 is 9.53 Å². The van der Waals surface area contributed by atoms with Gasteiger partial charge in [0.1, 0.15) is 0 Å². The summed E-state index contributed by atoms with van der Waals surface area (Å²) >= 11 is 12.6. The number of nitrogens with one attached hydrogen (secondary N) is 1. The zero-order chi connectivity index (χ0) is 17.9. The highest BCUT2D eigenvalue weighted by Gasteiger charge is 2.14. The Labute approximate surface area is 149 Å². The first-order valence-corrected chi connectivity index (χ1v) is 8.19. The predicted octanol–water partition coefficient (Wildman–Crippen LogP) is 3.51. The third kappa shape index (κ3) is 4.36. The fourth-order valence-electron chi connectivity index (χ4n) is 2.33. The lowest BCUT2D eigenvalue weighted by atomic mass is 10.0. The highest BCUT2D eigenvalue weighted by atomic mass is 35.5. The van der Waals surface area contributed by atoms with Crippen molar-refractivity contribution in [3.63, 3.8) is 0 Å². The van der Waals surface area contributed by atoms with Crippen LogP contribution in [0.15, 0.2) is 23.0 Å². The molecule has 1 heterocycles. The molecule has 0 unspecified atom stereocenters. The van der Waals surface area contributed by atoms with Crippen LogP contribution >= 0.6 is 23.2 Å². The quantitative estimate of drug-likeness (QED) is 0.819. The van der Waals surface area contributed by atoms with E-state index in [-0.39, 0.29) is 23.9 Å². The third-order valence-electron chi connectivity index (χ3n) is 3.64. The molecule has 128 valence electrons. The average molecular weight is 369 g/mol. The van der Waals surface area contributed by atoms with E-state index in [1.165, 1.54) is 7.11 Å². The lowest BCUT2D eigenvalue weighted by molar-refractivity contribution is -0.139. The molecule has 0 bridgehead atoms. The number of methoxy groups -OCH3 is 1. The largest absolute Gasteiger partial charge is 0.469 e. The second-order valence-electron chi connectivity index (χ2n) is 5.77. The van der Waals surface area contributed by atoms with Crippen LogP contribution in [0.4, 0.5) is 0 Å². The Kier molecular flexibility index (Phi) is 6.02. The molecule has 0 aliphatic rings. The smallest absolute Gasteiger partial charge is 0.309 e. The maximum absolute atomic E-state index is 11.8. The molecule has 7 heteroatoms. The fraction of sp³-hybridized carbons (Fsp3) is 0.353. The second kappa shape index (κ2) is 7.81. The molecule has 0 radical (unpaired) electrons. The van der Waals surface area contributed by atoms with Crippen LogP contribution in [0.1, 0.15) is 42.1 Å². The molecule has 0 aliphatic heterocycles. The summed E-state index contributed by atoms with van der Waals surface area (Å²) in [6, 6.07) is 5.14. The lowest BCUT2D eigenvalue weighted by Crippen LogP contribution is -2.17. The molecule has 2 aromatic rings. The molecule has 24 heavy (non-hydrogen) atoms. The highest BCUT2D eigenvalue weighted by molar-refractivity contribution is 6.36. The summed E-state index contributed by atoms with van der Waals surface area (Å²) in [6.45, 7) is 3.88. The molecule has 1 N–H and O–H groups in total. The van der Waals surface area contributed by atoms with Gasteiger partial charge in [-0.2, -0.15) is 5.10 Å². The van der Waals surface area contributed by atoms with E-state index in [0.717, 1.165) is 0 Å². The SMILES string of the molecule is COC(=O)Cc1cc(Cl)c(Cc2cc(C(C)C)c(=O)[nH]n2)c(Cl)c1. The van der Waals surface area contributed by atoms with Crippen molar-refractivity contribution >= 4 is 29.2 Å². The maximum Gasteiger partial charge on any atom is 0.309 e. The normalized spacial score (nSPS) is 10.9. The number of carbonyl (C=O) groups is 1. The Morgan fingerprint density at radius 1 is 1.25 bits per heavy atom. The summed E-state index contributed by atoms with van der Waals surface area (Å²) in [5, 5.41) is 7.45. The molecule has 0 saturated heterocycles. The summed E-state index contributed by atoms with van der Waals surface area (Å²) in [5.74, 6) is -0.275. The number of esters is 1. The third-order valence-corrected chi connectivity index (χ3v) is 4.32. The van der Waals surface area contributed by atoms with Crippen molar-refractivity contribution in [2.75, 3.05) is 7.11 Å². The minimum absolute atomic E-state index is 0.0869. The van der Waals surface area contributed by atoms with E-state index in [0.29, 0.717) is 38.9 Å². The highest BCUT2D eigenvalue weighted by Crippen LogP contribution is 2.29. The number of benzene rings is 1. The molecule has 0 amide bonds. The van der Waals surface area contributed by atoms with Crippen molar-refractivity contribution in [1.82, 2.24) is 10.2 Å². The predicted molar refractivity (Wildman–Crippen MR) is 93.9 cm³/mol. The molecule has 0 aliphatic carbocycles. The van der Waals surface area contributed by atoms with Crippen LogP contribution in [0.5, 0.6) is 0 Å². The van der Waals surface area contributed by atoms with Gasteiger partial charge in [-0.15, -0.1) is 0 Å². The van der Waals surface area contributed by atoms with Crippen molar-refractivity contribution in [3.05, 3.63) is 61.0 Å². The van der Waals surface area contributed by atoms with Crippen molar-refractivity contribution in [1.29, 1.82) is 0 Å². The summed E-state index contributed by atoms with van der Waals surface area (Å²) in [5.41, 5.74) is 2.51.